The van der Waals surface area contributed by atoms with Crippen LogP contribution in [0.1, 0.15) is 36.8 Å². The minimum atomic E-state index is -0.249. The molecule has 0 aromatic heterocycles. The first kappa shape index (κ1) is 15.8. The van der Waals surface area contributed by atoms with Crippen LogP contribution in [0, 0.1) is 12.8 Å². The number of carbonyl (C=O) groups excluding carboxylic acids is 2. The lowest BCUT2D eigenvalue weighted by Crippen LogP contribution is -2.47. The minimum absolute atomic E-state index is 0.0206. The second-order valence-electron chi connectivity index (χ2n) is 6.92. The summed E-state index contributed by atoms with van der Waals surface area (Å²) in [5.41, 5.74) is 8.10. The predicted molar refractivity (Wildman–Crippen MR) is 89.0 cm³/mol. The van der Waals surface area contributed by atoms with Crippen molar-refractivity contribution in [3.63, 3.8) is 0 Å². The first-order valence-corrected chi connectivity index (χ1v) is 8.40. The third-order valence-electron chi connectivity index (χ3n) is 5.33. The number of nitrogens with zero attached hydrogens (tertiary/aromatic N) is 1. The topological polar surface area (TPSA) is 75.4 Å². The van der Waals surface area contributed by atoms with Crippen molar-refractivity contribution >= 4 is 11.9 Å². The molecule has 1 aromatic rings. The summed E-state index contributed by atoms with van der Waals surface area (Å²) in [6.45, 7) is 4.03. The van der Waals surface area contributed by atoms with E-state index in [4.69, 9.17) is 5.73 Å². The number of urea groups is 1. The van der Waals surface area contributed by atoms with Crippen LogP contribution < -0.4 is 11.1 Å². The monoisotopic (exact) mass is 315 g/mol. The number of likely N-dealkylation sites (tertiary alicyclic amines) is 1. The van der Waals surface area contributed by atoms with E-state index in [2.05, 4.69) is 36.5 Å². The maximum absolute atomic E-state index is 12.4. The van der Waals surface area contributed by atoms with Gasteiger partial charge in [0.15, 0.2) is 0 Å². The summed E-state index contributed by atoms with van der Waals surface area (Å²) >= 11 is 0. The van der Waals surface area contributed by atoms with Crippen molar-refractivity contribution in [2.45, 2.75) is 38.0 Å². The molecule has 3 rings (SSSR count). The van der Waals surface area contributed by atoms with Gasteiger partial charge in [-0.15, -0.1) is 0 Å². The Labute approximate surface area is 137 Å². The van der Waals surface area contributed by atoms with E-state index in [1.807, 2.05) is 0 Å². The van der Waals surface area contributed by atoms with Crippen molar-refractivity contribution in [3.8, 4) is 0 Å². The fraction of sp³-hybridized carbons (Fsp3) is 0.556. The molecule has 5 nitrogen and oxygen atoms in total. The van der Waals surface area contributed by atoms with Gasteiger partial charge in [-0.25, -0.2) is 4.79 Å². The quantitative estimate of drug-likeness (QED) is 0.891. The smallest absolute Gasteiger partial charge is 0.317 e. The van der Waals surface area contributed by atoms with E-state index in [1.165, 1.54) is 11.1 Å². The summed E-state index contributed by atoms with van der Waals surface area (Å²) in [4.78, 5) is 25.4. The lowest BCUT2D eigenvalue weighted by atomic mass is 9.92. The molecule has 1 aliphatic carbocycles. The Hall–Kier alpha value is -2.04. The Kier molecular flexibility index (Phi) is 4.28. The van der Waals surface area contributed by atoms with Crippen molar-refractivity contribution in [1.29, 1.82) is 0 Å². The van der Waals surface area contributed by atoms with Crippen LogP contribution in [0.2, 0.25) is 0 Å². The van der Waals surface area contributed by atoms with Crippen molar-refractivity contribution in [3.05, 3.63) is 35.4 Å². The molecule has 0 spiro atoms. The van der Waals surface area contributed by atoms with Gasteiger partial charge in [-0.3, -0.25) is 4.79 Å². The zero-order valence-electron chi connectivity index (χ0n) is 13.7. The molecule has 5 heteroatoms. The van der Waals surface area contributed by atoms with E-state index in [0.717, 1.165) is 12.8 Å². The van der Waals surface area contributed by atoms with Gasteiger partial charge >= 0.3 is 6.03 Å². The minimum Gasteiger partial charge on any atom is -0.369 e. The van der Waals surface area contributed by atoms with Gasteiger partial charge in [-0.2, -0.15) is 0 Å². The Morgan fingerprint density at radius 2 is 1.91 bits per heavy atom. The van der Waals surface area contributed by atoms with Gasteiger partial charge in [0.2, 0.25) is 5.91 Å². The number of piperidine rings is 1. The number of nitrogens with two attached hydrogens (primary N) is 1. The average Bonchev–Trinajstić information content (AvgIpc) is 3.34. The molecule has 0 unspecified atom stereocenters. The van der Waals surface area contributed by atoms with E-state index in [-0.39, 0.29) is 23.3 Å². The molecular weight excluding hydrogens is 290 g/mol. The van der Waals surface area contributed by atoms with Crippen LogP contribution >= 0.6 is 0 Å². The number of hydrogen-bond acceptors (Lipinski definition) is 2. The number of carbonyl (C=O) groups is 2. The maximum atomic E-state index is 12.4. The van der Waals surface area contributed by atoms with Gasteiger partial charge in [0.05, 0.1) is 0 Å². The van der Waals surface area contributed by atoms with E-state index < -0.39 is 0 Å². The summed E-state index contributed by atoms with van der Waals surface area (Å²) in [6.07, 6.45) is 3.60. The number of aryl methyl sites for hydroxylation is 1. The number of rotatable bonds is 4. The highest BCUT2D eigenvalue weighted by molar-refractivity contribution is 5.78. The first-order valence-electron chi connectivity index (χ1n) is 8.40. The summed E-state index contributed by atoms with van der Waals surface area (Å²) in [7, 11) is 0. The second-order valence-corrected chi connectivity index (χ2v) is 6.92. The summed E-state index contributed by atoms with van der Waals surface area (Å²) in [6, 6.07) is 8.40. The Morgan fingerprint density at radius 1 is 1.26 bits per heavy atom. The average molecular weight is 315 g/mol. The number of benzene rings is 1. The van der Waals surface area contributed by atoms with Crippen LogP contribution in [-0.2, 0) is 10.2 Å². The van der Waals surface area contributed by atoms with E-state index in [1.54, 1.807) is 4.90 Å². The molecular formula is C18H25N3O2. The van der Waals surface area contributed by atoms with Gasteiger partial charge in [0.1, 0.15) is 0 Å². The van der Waals surface area contributed by atoms with Crippen LogP contribution in [0.3, 0.4) is 0 Å². The third-order valence-corrected chi connectivity index (χ3v) is 5.33. The van der Waals surface area contributed by atoms with Crippen LogP contribution in [0.4, 0.5) is 4.79 Å². The van der Waals surface area contributed by atoms with Gasteiger partial charge < -0.3 is 16.0 Å². The van der Waals surface area contributed by atoms with E-state index in [9.17, 15) is 9.59 Å². The number of nitrogens with one attached hydrogen (secondary N) is 1. The first-order chi connectivity index (χ1) is 11.0. The Bertz CT molecular complexity index is 602. The Balaban J connectivity index is 1.54. The lowest BCUT2D eigenvalue weighted by molar-refractivity contribution is -0.123. The SMILES string of the molecule is Cc1ccccc1C1(CNC(=O)N2CCC(C(N)=O)CC2)CC1. The molecule has 3 N–H and O–H groups in total. The molecule has 23 heavy (non-hydrogen) atoms. The largest absolute Gasteiger partial charge is 0.369 e. The zero-order valence-corrected chi connectivity index (χ0v) is 13.7. The fourth-order valence-corrected chi connectivity index (χ4v) is 3.58. The molecule has 1 heterocycles. The number of amides is 3. The number of hydrogen-bond donors (Lipinski definition) is 2. The van der Waals surface area contributed by atoms with Crippen molar-refractivity contribution in [2.24, 2.45) is 11.7 Å². The molecule has 1 aliphatic heterocycles. The summed E-state index contributed by atoms with van der Waals surface area (Å²) in [5.74, 6) is -0.331. The normalized spacial score (nSPS) is 20.1. The standard InChI is InChI=1S/C18H25N3O2/c1-13-4-2-3-5-15(13)18(8-9-18)12-20-17(23)21-10-6-14(7-11-21)16(19)22/h2-5,14H,6-12H2,1H3,(H2,19,22)(H,20,23). The lowest BCUT2D eigenvalue weighted by Gasteiger charge is -2.31. The maximum Gasteiger partial charge on any atom is 0.317 e. The molecule has 0 radical (unpaired) electrons. The van der Waals surface area contributed by atoms with Crippen LogP contribution in [-0.4, -0.2) is 36.5 Å². The second kappa shape index (κ2) is 6.22. The van der Waals surface area contributed by atoms with Crippen molar-refractivity contribution in [1.82, 2.24) is 10.2 Å². The third kappa shape index (κ3) is 3.33. The Morgan fingerprint density at radius 3 is 2.48 bits per heavy atom. The van der Waals surface area contributed by atoms with Gasteiger partial charge in [-0.05, 0) is 43.7 Å². The summed E-state index contributed by atoms with van der Waals surface area (Å²) < 4.78 is 0. The molecule has 2 aliphatic rings. The number of primary amides is 1. The predicted octanol–water partition coefficient (Wildman–Crippen LogP) is 1.93. The molecule has 124 valence electrons. The molecule has 1 saturated carbocycles. The van der Waals surface area contributed by atoms with E-state index >= 15 is 0 Å². The van der Waals surface area contributed by atoms with Crippen LogP contribution in [0.25, 0.3) is 0 Å². The van der Waals surface area contributed by atoms with Gasteiger partial charge in [0.25, 0.3) is 0 Å². The molecule has 0 atom stereocenters. The molecule has 3 amide bonds. The zero-order chi connectivity index (χ0) is 16.4. The van der Waals surface area contributed by atoms with Crippen LogP contribution in [0.15, 0.2) is 24.3 Å². The van der Waals surface area contributed by atoms with Crippen LogP contribution in [0.5, 0.6) is 0 Å². The van der Waals surface area contributed by atoms with Crippen molar-refractivity contribution in [2.75, 3.05) is 19.6 Å². The molecule has 2 fully saturated rings. The highest BCUT2D eigenvalue weighted by Crippen LogP contribution is 2.48. The molecule has 1 saturated heterocycles. The van der Waals surface area contributed by atoms with E-state index in [0.29, 0.717) is 32.5 Å². The van der Waals surface area contributed by atoms with Gasteiger partial charge in [0, 0.05) is 31.0 Å². The molecule has 1 aromatic carbocycles. The fourth-order valence-electron chi connectivity index (χ4n) is 3.58. The van der Waals surface area contributed by atoms with Crippen molar-refractivity contribution < 1.29 is 9.59 Å². The van der Waals surface area contributed by atoms with Gasteiger partial charge in [-0.1, -0.05) is 24.3 Å². The molecule has 0 bridgehead atoms. The highest BCUT2D eigenvalue weighted by Gasteiger charge is 2.45. The highest BCUT2D eigenvalue weighted by atomic mass is 16.2. The summed E-state index contributed by atoms with van der Waals surface area (Å²) in [5, 5.41) is 3.10.